The van der Waals surface area contributed by atoms with Crippen molar-refractivity contribution in [2.45, 2.75) is 46.6 Å². The molecule has 2 nitrogen and oxygen atoms in total. The maximum absolute atomic E-state index is 13.8. The number of amides is 1. The zero-order valence-corrected chi connectivity index (χ0v) is 11.6. The zero-order chi connectivity index (χ0) is 13.7. The molecule has 1 aromatic carbocycles. The van der Waals surface area contributed by atoms with E-state index in [0.717, 1.165) is 12.8 Å². The normalized spacial score (nSPS) is 12.6. The first-order valence-electron chi connectivity index (χ1n) is 6.57. The maximum Gasteiger partial charge on any atom is 0.254 e. The Balaban J connectivity index is 2.79. The van der Waals surface area contributed by atoms with Gasteiger partial charge in [0.15, 0.2) is 0 Å². The molecule has 1 atom stereocenters. The number of rotatable bonds is 5. The molecule has 1 amide bonds. The number of benzene rings is 1. The average Bonchev–Trinajstić information content (AvgIpc) is 2.34. The molecular formula is C15H22FNO. The summed E-state index contributed by atoms with van der Waals surface area (Å²) in [6.45, 7) is 7.84. The summed E-state index contributed by atoms with van der Waals surface area (Å²) in [6.07, 6.45) is 2.02. The van der Waals surface area contributed by atoms with Crippen LogP contribution in [0.25, 0.3) is 0 Å². The van der Waals surface area contributed by atoms with Crippen LogP contribution < -0.4 is 5.32 Å². The number of nitrogens with one attached hydrogen (secondary N) is 1. The molecule has 0 fully saturated rings. The molecule has 0 aliphatic carbocycles. The molecule has 0 saturated carbocycles. The number of carbonyl (C=O) groups excluding carboxylic acids is 1. The summed E-state index contributed by atoms with van der Waals surface area (Å²) >= 11 is 0. The van der Waals surface area contributed by atoms with E-state index in [1.165, 1.54) is 6.07 Å². The van der Waals surface area contributed by atoms with Crippen LogP contribution in [0.2, 0.25) is 0 Å². The second-order valence-electron chi connectivity index (χ2n) is 4.78. The number of hydrogen-bond acceptors (Lipinski definition) is 1. The van der Waals surface area contributed by atoms with Gasteiger partial charge in [0.25, 0.3) is 5.91 Å². The van der Waals surface area contributed by atoms with Crippen molar-refractivity contribution in [1.29, 1.82) is 0 Å². The Morgan fingerprint density at radius 1 is 1.33 bits per heavy atom. The van der Waals surface area contributed by atoms with Crippen LogP contribution in [0.1, 0.15) is 49.5 Å². The van der Waals surface area contributed by atoms with Crippen molar-refractivity contribution in [1.82, 2.24) is 5.32 Å². The van der Waals surface area contributed by atoms with Crippen LogP contribution >= 0.6 is 0 Å². The van der Waals surface area contributed by atoms with Crippen molar-refractivity contribution >= 4 is 5.91 Å². The first kappa shape index (κ1) is 14.7. The van der Waals surface area contributed by atoms with E-state index in [4.69, 9.17) is 0 Å². The fraction of sp³-hybridized carbons (Fsp3) is 0.533. The number of halogens is 1. The van der Waals surface area contributed by atoms with Crippen LogP contribution in [0.15, 0.2) is 18.2 Å². The third kappa shape index (κ3) is 3.31. The van der Waals surface area contributed by atoms with Crippen LogP contribution in [0.5, 0.6) is 0 Å². The second-order valence-corrected chi connectivity index (χ2v) is 4.78. The number of aryl methyl sites for hydroxylation is 1. The number of carbonyl (C=O) groups is 1. The standard InChI is InChI=1S/C15H22FNO/c1-5-12(6-2)11(4)17-15(18)13-9-7-8-10(3)14(13)16/h7-9,11-12H,5-6H2,1-4H3,(H,17,18). The first-order chi connectivity index (χ1) is 8.51. The smallest absolute Gasteiger partial charge is 0.254 e. The van der Waals surface area contributed by atoms with E-state index >= 15 is 0 Å². The van der Waals surface area contributed by atoms with Crippen molar-refractivity contribution in [2.24, 2.45) is 5.92 Å². The minimum absolute atomic E-state index is 0.0624. The van der Waals surface area contributed by atoms with Crippen molar-refractivity contribution in [3.63, 3.8) is 0 Å². The SMILES string of the molecule is CCC(CC)C(C)NC(=O)c1cccc(C)c1F. The Morgan fingerprint density at radius 2 is 1.94 bits per heavy atom. The Morgan fingerprint density at radius 3 is 2.50 bits per heavy atom. The fourth-order valence-electron chi connectivity index (χ4n) is 2.22. The fourth-order valence-corrected chi connectivity index (χ4v) is 2.22. The summed E-state index contributed by atoms with van der Waals surface area (Å²) in [5.41, 5.74) is 0.630. The Hall–Kier alpha value is -1.38. The molecule has 3 heteroatoms. The third-order valence-corrected chi connectivity index (χ3v) is 3.55. The van der Waals surface area contributed by atoms with Crippen molar-refractivity contribution < 1.29 is 9.18 Å². The van der Waals surface area contributed by atoms with E-state index in [2.05, 4.69) is 19.2 Å². The Bertz CT molecular complexity index is 413. The zero-order valence-electron chi connectivity index (χ0n) is 11.6. The van der Waals surface area contributed by atoms with E-state index in [-0.39, 0.29) is 17.5 Å². The molecule has 100 valence electrons. The minimum Gasteiger partial charge on any atom is -0.349 e. The molecule has 0 bridgehead atoms. The van der Waals surface area contributed by atoms with E-state index in [9.17, 15) is 9.18 Å². The first-order valence-corrected chi connectivity index (χ1v) is 6.57. The second kappa shape index (κ2) is 6.53. The highest BCUT2D eigenvalue weighted by molar-refractivity contribution is 5.94. The summed E-state index contributed by atoms with van der Waals surface area (Å²) in [5.74, 6) is -0.316. The largest absolute Gasteiger partial charge is 0.349 e. The van der Waals surface area contributed by atoms with Gasteiger partial charge in [0, 0.05) is 6.04 Å². The molecular weight excluding hydrogens is 229 g/mol. The van der Waals surface area contributed by atoms with Gasteiger partial charge in [0.05, 0.1) is 5.56 Å². The van der Waals surface area contributed by atoms with Gasteiger partial charge >= 0.3 is 0 Å². The molecule has 0 aliphatic rings. The molecule has 0 radical (unpaired) electrons. The summed E-state index contributed by atoms with van der Waals surface area (Å²) < 4.78 is 13.8. The summed E-state index contributed by atoms with van der Waals surface area (Å²) in [4.78, 5) is 12.0. The van der Waals surface area contributed by atoms with Crippen LogP contribution in [0, 0.1) is 18.7 Å². The molecule has 1 aromatic rings. The predicted molar refractivity (Wildman–Crippen MR) is 72.1 cm³/mol. The van der Waals surface area contributed by atoms with Crippen LogP contribution in [0.4, 0.5) is 4.39 Å². The molecule has 1 unspecified atom stereocenters. The maximum atomic E-state index is 13.8. The van der Waals surface area contributed by atoms with Gasteiger partial charge in [-0.25, -0.2) is 4.39 Å². The Kier molecular flexibility index (Phi) is 5.32. The Labute approximate surface area is 109 Å². The van der Waals surface area contributed by atoms with Gasteiger partial charge in [-0.3, -0.25) is 4.79 Å². The highest BCUT2D eigenvalue weighted by Crippen LogP contribution is 2.15. The van der Waals surface area contributed by atoms with Gasteiger partial charge in [0.2, 0.25) is 0 Å². The van der Waals surface area contributed by atoms with E-state index < -0.39 is 5.82 Å². The lowest BCUT2D eigenvalue weighted by molar-refractivity contribution is 0.0921. The van der Waals surface area contributed by atoms with Crippen molar-refractivity contribution in [2.75, 3.05) is 0 Å². The van der Waals surface area contributed by atoms with Gasteiger partial charge in [-0.15, -0.1) is 0 Å². The van der Waals surface area contributed by atoms with Crippen LogP contribution in [-0.2, 0) is 0 Å². The van der Waals surface area contributed by atoms with Gasteiger partial charge in [-0.1, -0.05) is 38.8 Å². The summed E-state index contributed by atoms with van der Waals surface area (Å²) in [5, 5.41) is 2.89. The van der Waals surface area contributed by atoms with Crippen molar-refractivity contribution in [3.8, 4) is 0 Å². The number of hydrogen-bond donors (Lipinski definition) is 1. The van der Waals surface area contributed by atoms with Crippen LogP contribution in [-0.4, -0.2) is 11.9 Å². The molecule has 1 rings (SSSR count). The van der Waals surface area contributed by atoms with Gasteiger partial charge < -0.3 is 5.32 Å². The van der Waals surface area contributed by atoms with Gasteiger partial charge in [0.1, 0.15) is 5.82 Å². The van der Waals surface area contributed by atoms with E-state index in [0.29, 0.717) is 11.5 Å². The van der Waals surface area contributed by atoms with Gasteiger partial charge in [-0.05, 0) is 31.4 Å². The highest BCUT2D eigenvalue weighted by Gasteiger charge is 2.19. The highest BCUT2D eigenvalue weighted by atomic mass is 19.1. The van der Waals surface area contributed by atoms with Gasteiger partial charge in [-0.2, -0.15) is 0 Å². The third-order valence-electron chi connectivity index (χ3n) is 3.55. The monoisotopic (exact) mass is 251 g/mol. The molecule has 0 heterocycles. The lowest BCUT2D eigenvalue weighted by atomic mass is 9.95. The van der Waals surface area contributed by atoms with E-state index in [1.54, 1.807) is 19.1 Å². The molecule has 0 aromatic heterocycles. The molecule has 0 saturated heterocycles. The quantitative estimate of drug-likeness (QED) is 0.849. The molecule has 0 aliphatic heterocycles. The molecule has 0 spiro atoms. The molecule has 18 heavy (non-hydrogen) atoms. The van der Waals surface area contributed by atoms with Crippen LogP contribution in [0.3, 0.4) is 0 Å². The minimum atomic E-state index is -0.424. The lowest BCUT2D eigenvalue weighted by Gasteiger charge is -2.22. The van der Waals surface area contributed by atoms with E-state index in [1.807, 2.05) is 6.92 Å². The lowest BCUT2D eigenvalue weighted by Crippen LogP contribution is -2.38. The summed E-state index contributed by atoms with van der Waals surface area (Å²) in [7, 11) is 0. The topological polar surface area (TPSA) is 29.1 Å². The summed E-state index contributed by atoms with van der Waals surface area (Å²) in [6, 6.07) is 4.95. The predicted octanol–water partition coefficient (Wildman–Crippen LogP) is 3.69. The van der Waals surface area contributed by atoms with Crippen molar-refractivity contribution in [3.05, 3.63) is 35.1 Å². The molecule has 1 N–H and O–H groups in total. The average molecular weight is 251 g/mol.